The maximum Gasteiger partial charge on any atom is 0.227 e. The Bertz CT molecular complexity index is 2980. The fourth-order valence-electron chi connectivity index (χ4n) is 8.07. The summed E-state index contributed by atoms with van der Waals surface area (Å²) in [4.78, 5) is 25.6. The van der Waals surface area contributed by atoms with E-state index in [9.17, 15) is 0 Å². The van der Waals surface area contributed by atoms with Crippen molar-refractivity contribution in [2.24, 2.45) is 0 Å². The molecule has 1 aliphatic rings. The van der Waals surface area contributed by atoms with Crippen molar-refractivity contribution in [1.82, 2.24) is 29.5 Å². The molecule has 7 aromatic carbocycles. The predicted octanol–water partition coefficient (Wildman–Crippen LogP) is 7.71. The quantitative estimate of drug-likeness (QED) is 0.164. The molecule has 10 aromatic rings. The van der Waals surface area contributed by atoms with Crippen LogP contribution >= 0.6 is 0 Å². The Balaban J connectivity index is 1.18. The zero-order valence-electron chi connectivity index (χ0n) is 29.4. The van der Waals surface area contributed by atoms with Crippen LogP contribution in [0.1, 0.15) is 0 Å². The molecule has 1 unspecified atom stereocenters. The zero-order chi connectivity index (χ0) is 36.3. The van der Waals surface area contributed by atoms with Gasteiger partial charge in [0.1, 0.15) is 11.0 Å². The van der Waals surface area contributed by atoms with Gasteiger partial charge in [-0.25, -0.2) is 24.9 Å². The van der Waals surface area contributed by atoms with Crippen molar-refractivity contribution < 1.29 is 4.42 Å². The molecule has 0 bridgehead atoms. The Morgan fingerprint density at radius 2 is 0.964 bits per heavy atom. The van der Waals surface area contributed by atoms with E-state index in [1.54, 1.807) is 0 Å². The number of imidazole rings is 1. The van der Waals surface area contributed by atoms with E-state index >= 15 is 0 Å². The molecule has 4 heterocycles. The molecule has 0 N–H and O–H groups in total. The van der Waals surface area contributed by atoms with E-state index < -0.39 is 8.07 Å². The Hall–Kier alpha value is -7.29. The van der Waals surface area contributed by atoms with Crippen LogP contribution in [0.2, 0.25) is 0 Å². The van der Waals surface area contributed by atoms with Gasteiger partial charge in [0.15, 0.2) is 23.1 Å². The van der Waals surface area contributed by atoms with Gasteiger partial charge in [0.2, 0.25) is 14.0 Å². The highest BCUT2D eigenvalue weighted by atomic mass is 28.3. The van der Waals surface area contributed by atoms with Crippen LogP contribution < -0.4 is 21.0 Å². The van der Waals surface area contributed by atoms with Gasteiger partial charge >= 0.3 is 0 Å². The minimum atomic E-state index is -3.12. The third kappa shape index (κ3) is 4.92. The number of oxazole rings is 1. The molecule has 1 aliphatic heterocycles. The fraction of sp³-hybridized carbons (Fsp3) is 0. The molecule has 3 aromatic heterocycles. The van der Waals surface area contributed by atoms with E-state index in [4.69, 9.17) is 29.3 Å². The first-order valence-corrected chi connectivity index (χ1v) is 20.3. The van der Waals surface area contributed by atoms with Gasteiger partial charge in [-0.15, -0.1) is 0 Å². The van der Waals surface area contributed by atoms with Crippen LogP contribution in [0.25, 0.3) is 73.4 Å². The third-order valence-corrected chi connectivity index (χ3v) is 15.1. The number of fused-ring (bicyclic) bond motifs is 6. The average molecular weight is 723 g/mol. The largest absolute Gasteiger partial charge is 0.436 e. The second kappa shape index (κ2) is 12.4. The van der Waals surface area contributed by atoms with E-state index in [2.05, 4.69) is 102 Å². The van der Waals surface area contributed by atoms with Gasteiger partial charge in [-0.05, 0) is 58.0 Å². The topological polar surface area (TPSA) is 82.5 Å². The van der Waals surface area contributed by atoms with Gasteiger partial charge in [0.05, 0.1) is 11.0 Å². The van der Waals surface area contributed by atoms with Crippen molar-refractivity contribution in [2.75, 3.05) is 0 Å². The van der Waals surface area contributed by atoms with Crippen LogP contribution in [0.15, 0.2) is 186 Å². The minimum Gasteiger partial charge on any atom is -0.436 e. The molecule has 0 amide bonds. The molecule has 55 heavy (non-hydrogen) atoms. The maximum atomic E-state index is 6.33. The zero-order valence-corrected chi connectivity index (χ0v) is 30.4. The third-order valence-electron chi connectivity index (χ3n) is 10.5. The van der Waals surface area contributed by atoms with Gasteiger partial charge in [-0.2, -0.15) is 0 Å². The lowest BCUT2D eigenvalue weighted by atomic mass is 10.1. The second-order valence-corrected chi connectivity index (χ2v) is 17.4. The van der Waals surface area contributed by atoms with E-state index in [-0.39, 0.29) is 0 Å². The number of rotatable bonds is 6. The molecular formula is C47H30N6OSi. The van der Waals surface area contributed by atoms with Crippen LogP contribution in [0.3, 0.4) is 0 Å². The molecule has 0 spiro atoms. The van der Waals surface area contributed by atoms with E-state index in [0.29, 0.717) is 23.4 Å². The summed E-state index contributed by atoms with van der Waals surface area (Å²) in [6.45, 7) is 0. The summed E-state index contributed by atoms with van der Waals surface area (Å²) in [6, 6.07) is 62.8. The molecule has 7 nitrogen and oxygen atoms in total. The van der Waals surface area contributed by atoms with Crippen molar-refractivity contribution in [3.8, 4) is 51.3 Å². The molecule has 258 valence electrons. The predicted molar refractivity (Wildman–Crippen MR) is 221 cm³/mol. The summed E-state index contributed by atoms with van der Waals surface area (Å²) in [6.07, 6.45) is 0. The van der Waals surface area contributed by atoms with Crippen LogP contribution in [0, 0.1) is 0 Å². The van der Waals surface area contributed by atoms with E-state index in [1.807, 2.05) is 84.9 Å². The highest BCUT2D eigenvalue weighted by molar-refractivity contribution is 7.20. The molecule has 0 fully saturated rings. The van der Waals surface area contributed by atoms with Crippen molar-refractivity contribution in [3.63, 3.8) is 0 Å². The molecule has 0 aliphatic carbocycles. The van der Waals surface area contributed by atoms with Crippen molar-refractivity contribution >= 4 is 51.2 Å². The van der Waals surface area contributed by atoms with Gasteiger partial charge in [-0.3, -0.25) is 4.57 Å². The number of para-hydroxylation sites is 5. The summed E-state index contributed by atoms with van der Waals surface area (Å²) in [5.74, 6) is 2.45. The first-order chi connectivity index (χ1) is 27.2. The molecule has 0 saturated heterocycles. The summed E-state index contributed by atoms with van der Waals surface area (Å²) in [7, 11) is -3.12. The molecule has 1 atom stereocenters. The number of aromatic nitrogens is 6. The van der Waals surface area contributed by atoms with E-state index in [1.165, 1.54) is 15.6 Å². The van der Waals surface area contributed by atoms with Gasteiger partial charge in [0, 0.05) is 27.9 Å². The number of nitrogens with zero attached hydrogens (tertiary/aromatic N) is 6. The lowest BCUT2D eigenvalue weighted by Crippen LogP contribution is -2.73. The highest BCUT2D eigenvalue weighted by Gasteiger charge is 2.52. The molecule has 11 rings (SSSR count). The normalized spacial score (nSPS) is 14.6. The Labute approximate surface area is 317 Å². The standard InChI is InChI=1S/C47H30N6OSi/c1-3-15-31(16-4-1)43-50-44(32-17-5-2-6-18-32)52-45(51-43)33-19-13-21-35(29-33)55(36-22-14-20-34(30-36)46-48-38-24-8-11-27-41(38)54-46)42-28-12-10-26-40(42)53-39-25-9-7-23-37(39)49-47(53)55/h1-30H. The Morgan fingerprint density at radius 1 is 0.418 bits per heavy atom. The minimum absolute atomic E-state index is 0.591. The number of benzene rings is 7. The van der Waals surface area contributed by atoms with E-state index in [0.717, 1.165) is 55.5 Å². The Kier molecular flexibility index (Phi) is 7.05. The van der Waals surface area contributed by atoms with Crippen molar-refractivity contribution in [1.29, 1.82) is 0 Å². The van der Waals surface area contributed by atoms with Crippen molar-refractivity contribution in [2.45, 2.75) is 0 Å². The monoisotopic (exact) mass is 722 g/mol. The molecule has 8 heteroatoms. The molecule has 0 saturated carbocycles. The van der Waals surface area contributed by atoms with Gasteiger partial charge < -0.3 is 4.42 Å². The highest BCUT2D eigenvalue weighted by Crippen LogP contribution is 2.30. The maximum absolute atomic E-state index is 6.33. The van der Waals surface area contributed by atoms with Crippen LogP contribution in [-0.2, 0) is 0 Å². The SMILES string of the molecule is c1ccc(-c2nc(-c3ccccc3)nc(-c3cccc([Si]4(c5cccc(-c6nc7ccccc7o6)c5)c5ccccc5-n5c4nc4ccccc45)c3)n2)cc1. The smallest absolute Gasteiger partial charge is 0.227 e. The summed E-state index contributed by atoms with van der Waals surface area (Å²) >= 11 is 0. The lowest BCUT2D eigenvalue weighted by molar-refractivity contribution is 0.620. The number of hydrogen-bond acceptors (Lipinski definition) is 6. The molecule has 0 radical (unpaired) electrons. The van der Waals surface area contributed by atoms with Gasteiger partial charge in [0.25, 0.3) is 0 Å². The lowest BCUT2D eigenvalue weighted by Gasteiger charge is -2.29. The first-order valence-electron chi connectivity index (χ1n) is 18.3. The summed E-state index contributed by atoms with van der Waals surface area (Å²) < 4.78 is 8.71. The average Bonchev–Trinajstić information content (AvgIpc) is 3.95. The van der Waals surface area contributed by atoms with Gasteiger partial charge in [-0.1, -0.05) is 140 Å². The molecular weight excluding hydrogens is 693 g/mol. The summed E-state index contributed by atoms with van der Waals surface area (Å²) in [5.41, 5.74) is 9.52. The Morgan fingerprint density at radius 3 is 1.67 bits per heavy atom. The van der Waals surface area contributed by atoms with Crippen LogP contribution in [0.5, 0.6) is 0 Å². The first kappa shape index (κ1) is 31.3. The second-order valence-electron chi connectivity index (χ2n) is 13.7. The fourth-order valence-corrected chi connectivity index (χ4v) is 13.0. The number of hydrogen-bond donors (Lipinski definition) is 0. The van der Waals surface area contributed by atoms with Crippen molar-refractivity contribution in [3.05, 3.63) is 182 Å². The summed E-state index contributed by atoms with van der Waals surface area (Å²) in [5, 5.41) is 3.61. The van der Waals surface area contributed by atoms with Crippen LogP contribution in [-0.4, -0.2) is 37.6 Å². The van der Waals surface area contributed by atoms with Crippen LogP contribution in [0.4, 0.5) is 0 Å².